The fourth-order valence-electron chi connectivity index (χ4n) is 2.75. The maximum Gasteiger partial charge on any atom is 0.418 e. The Morgan fingerprint density at radius 3 is 1.90 bits per heavy atom. The lowest BCUT2D eigenvalue weighted by Crippen LogP contribution is -2.25. The van der Waals surface area contributed by atoms with E-state index in [1.807, 2.05) is 0 Å². The number of para-hydroxylation sites is 1. The molecule has 2 aromatic rings. The summed E-state index contributed by atoms with van der Waals surface area (Å²) in [5.41, 5.74) is -7.64. The summed E-state index contributed by atoms with van der Waals surface area (Å²) < 4.78 is 80.8. The van der Waals surface area contributed by atoms with Crippen LogP contribution in [0.3, 0.4) is 0 Å². The minimum Gasteiger partial charge on any atom is -0.335 e. The van der Waals surface area contributed by atoms with Crippen molar-refractivity contribution in [2.75, 3.05) is 11.4 Å². The molecule has 0 saturated carbocycles. The van der Waals surface area contributed by atoms with E-state index in [4.69, 9.17) is 0 Å². The van der Waals surface area contributed by atoms with Crippen LogP contribution in [-0.2, 0) is 12.4 Å². The van der Waals surface area contributed by atoms with E-state index in [1.165, 1.54) is 6.92 Å². The maximum absolute atomic E-state index is 13.6. The van der Waals surface area contributed by atoms with Gasteiger partial charge in [-0.3, -0.25) is 20.2 Å². The van der Waals surface area contributed by atoms with Crippen LogP contribution in [0.15, 0.2) is 36.4 Å². The van der Waals surface area contributed by atoms with Crippen LogP contribution in [0.1, 0.15) is 18.1 Å². The molecule has 0 atom stereocenters. The van der Waals surface area contributed by atoms with Crippen LogP contribution >= 0.6 is 0 Å². The Hall–Kier alpha value is -3.38. The summed E-state index contributed by atoms with van der Waals surface area (Å²) in [5.74, 6) is 0. The first-order chi connectivity index (χ1) is 13.3. The normalized spacial score (nSPS) is 12.0. The summed E-state index contributed by atoms with van der Waals surface area (Å²) >= 11 is 0. The molecule has 0 aromatic heterocycles. The summed E-state index contributed by atoms with van der Waals surface area (Å²) in [6, 6.07) is 3.94. The molecule has 0 unspecified atom stereocenters. The second-order valence-corrected chi connectivity index (χ2v) is 5.63. The van der Waals surface area contributed by atoms with E-state index >= 15 is 0 Å². The minimum atomic E-state index is -5.31. The van der Waals surface area contributed by atoms with E-state index in [1.54, 1.807) is 0 Å². The molecule has 2 aromatic carbocycles. The van der Waals surface area contributed by atoms with Gasteiger partial charge in [-0.05, 0) is 19.1 Å². The average molecular weight is 423 g/mol. The lowest BCUT2D eigenvalue weighted by molar-refractivity contribution is -0.394. The molecule has 0 heterocycles. The number of rotatable bonds is 5. The monoisotopic (exact) mass is 423 g/mol. The van der Waals surface area contributed by atoms with Crippen molar-refractivity contribution in [3.05, 3.63) is 67.8 Å². The molecule has 0 fully saturated rings. The van der Waals surface area contributed by atoms with Crippen LogP contribution in [-0.4, -0.2) is 16.4 Å². The van der Waals surface area contributed by atoms with E-state index in [0.29, 0.717) is 11.0 Å². The van der Waals surface area contributed by atoms with Gasteiger partial charge in [-0.2, -0.15) is 26.3 Å². The van der Waals surface area contributed by atoms with Gasteiger partial charge in [0, 0.05) is 12.6 Å². The van der Waals surface area contributed by atoms with Crippen molar-refractivity contribution in [3.63, 3.8) is 0 Å². The van der Waals surface area contributed by atoms with Crippen LogP contribution < -0.4 is 4.90 Å². The number of nitrogens with zero attached hydrogens (tertiary/aromatic N) is 3. The number of halogens is 6. The van der Waals surface area contributed by atoms with Crippen molar-refractivity contribution in [1.82, 2.24) is 0 Å². The van der Waals surface area contributed by atoms with E-state index < -0.39 is 62.6 Å². The topological polar surface area (TPSA) is 89.5 Å². The zero-order chi connectivity index (χ0) is 22.1. The first kappa shape index (κ1) is 21.9. The molecule has 0 spiro atoms. The van der Waals surface area contributed by atoms with Crippen LogP contribution in [0.25, 0.3) is 0 Å². The van der Waals surface area contributed by atoms with Gasteiger partial charge in [0.2, 0.25) is 0 Å². The summed E-state index contributed by atoms with van der Waals surface area (Å²) in [6.07, 6.45) is -10.3. The largest absolute Gasteiger partial charge is 0.418 e. The smallest absolute Gasteiger partial charge is 0.335 e. The van der Waals surface area contributed by atoms with Gasteiger partial charge in [-0.25, -0.2) is 0 Å². The first-order valence-electron chi connectivity index (χ1n) is 7.76. The quantitative estimate of drug-likeness (QED) is 0.350. The zero-order valence-electron chi connectivity index (χ0n) is 14.4. The van der Waals surface area contributed by atoms with Crippen molar-refractivity contribution in [3.8, 4) is 0 Å². The first-order valence-corrected chi connectivity index (χ1v) is 7.76. The van der Waals surface area contributed by atoms with Gasteiger partial charge >= 0.3 is 12.4 Å². The number of non-ortho nitro benzene ring substituents is 1. The van der Waals surface area contributed by atoms with Crippen molar-refractivity contribution in [2.24, 2.45) is 0 Å². The molecule has 0 amide bonds. The zero-order valence-corrected chi connectivity index (χ0v) is 14.4. The van der Waals surface area contributed by atoms with Crippen LogP contribution in [0.5, 0.6) is 0 Å². The fraction of sp³-hybridized carbons (Fsp3) is 0.250. The summed E-state index contributed by atoms with van der Waals surface area (Å²) in [7, 11) is 0. The number of benzene rings is 2. The lowest BCUT2D eigenvalue weighted by atomic mass is 10.0. The Bertz CT molecular complexity index is 959. The maximum atomic E-state index is 13.6. The van der Waals surface area contributed by atoms with Gasteiger partial charge < -0.3 is 4.90 Å². The highest BCUT2D eigenvalue weighted by atomic mass is 19.4. The molecule has 0 radical (unpaired) electrons. The molecule has 0 aliphatic heterocycles. The number of nitro benzene ring substituents is 2. The van der Waals surface area contributed by atoms with Gasteiger partial charge in [0.25, 0.3) is 11.4 Å². The van der Waals surface area contributed by atoms with Crippen molar-refractivity contribution in [2.45, 2.75) is 19.3 Å². The molecule has 0 aliphatic rings. The van der Waals surface area contributed by atoms with Crippen LogP contribution in [0.4, 0.5) is 49.1 Å². The number of nitro groups is 2. The highest BCUT2D eigenvalue weighted by Crippen LogP contribution is 2.48. The second-order valence-electron chi connectivity index (χ2n) is 5.63. The van der Waals surface area contributed by atoms with E-state index in [-0.39, 0.29) is 12.1 Å². The van der Waals surface area contributed by atoms with Gasteiger partial charge in [-0.15, -0.1) is 0 Å². The van der Waals surface area contributed by atoms with Crippen molar-refractivity contribution in [1.29, 1.82) is 0 Å². The SMILES string of the molecule is CCN(c1ccccc1C(F)(F)F)c1c([N+](=O)[O-])cc([N+](=O)[O-])cc1C(F)(F)F. The van der Waals surface area contributed by atoms with Crippen LogP contribution in [0.2, 0.25) is 0 Å². The molecule has 156 valence electrons. The number of anilines is 2. The highest BCUT2D eigenvalue weighted by Gasteiger charge is 2.43. The molecule has 0 bridgehead atoms. The van der Waals surface area contributed by atoms with E-state index in [0.717, 1.165) is 18.2 Å². The summed E-state index contributed by atoms with van der Waals surface area (Å²) in [5, 5.41) is 22.3. The standard InChI is InChI=1S/C16H11F6N3O4/c1-2-23(12-6-4-3-5-10(12)15(17,18)19)14-11(16(20,21)22)7-9(24(26)27)8-13(14)25(28)29/h3-8H,2H2,1H3. The van der Waals surface area contributed by atoms with E-state index in [9.17, 15) is 46.6 Å². The second kappa shape index (κ2) is 7.56. The van der Waals surface area contributed by atoms with Crippen LogP contribution in [0, 0.1) is 20.2 Å². The number of hydrogen-bond acceptors (Lipinski definition) is 5. The van der Waals surface area contributed by atoms with Gasteiger partial charge in [-0.1, -0.05) is 12.1 Å². The lowest BCUT2D eigenvalue weighted by Gasteiger charge is -2.28. The molecule has 2 rings (SSSR count). The molecule has 13 heteroatoms. The summed E-state index contributed by atoms with van der Waals surface area (Å²) in [4.78, 5) is 20.2. The minimum absolute atomic E-state index is 0.0567. The van der Waals surface area contributed by atoms with Gasteiger partial charge in [0.15, 0.2) is 0 Å². The molecular formula is C16H11F6N3O4. The highest BCUT2D eigenvalue weighted by molar-refractivity contribution is 5.79. The van der Waals surface area contributed by atoms with Gasteiger partial charge in [0.05, 0.1) is 32.7 Å². The Balaban J connectivity index is 2.95. The Morgan fingerprint density at radius 1 is 0.897 bits per heavy atom. The summed E-state index contributed by atoms with van der Waals surface area (Å²) in [6.45, 7) is 0.674. The predicted molar refractivity (Wildman–Crippen MR) is 88.9 cm³/mol. The third kappa shape index (κ3) is 4.38. The Morgan fingerprint density at radius 2 is 1.45 bits per heavy atom. The third-order valence-corrected chi connectivity index (χ3v) is 3.87. The number of hydrogen-bond donors (Lipinski definition) is 0. The van der Waals surface area contributed by atoms with Gasteiger partial charge in [0.1, 0.15) is 5.69 Å². The number of alkyl halides is 6. The van der Waals surface area contributed by atoms with E-state index in [2.05, 4.69) is 0 Å². The molecular weight excluding hydrogens is 412 g/mol. The molecule has 0 N–H and O–H groups in total. The van der Waals surface area contributed by atoms with Crippen molar-refractivity contribution < 1.29 is 36.2 Å². The molecule has 7 nitrogen and oxygen atoms in total. The van der Waals surface area contributed by atoms with Crippen molar-refractivity contribution >= 4 is 22.7 Å². The fourth-order valence-corrected chi connectivity index (χ4v) is 2.75. The molecule has 29 heavy (non-hydrogen) atoms. The third-order valence-electron chi connectivity index (χ3n) is 3.87. The molecule has 0 saturated heterocycles. The predicted octanol–water partition coefficient (Wildman–Crippen LogP) is 5.70. The molecule has 0 aliphatic carbocycles. The Kier molecular flexibility index (Phi) is 5.71. The Labute approximate surface area is 158 Å². The average Bonchev–Trinajstić information content (AvgIpc) is 2.60.